The van der Waals surface area contributed by atoms with Crippen molar-refractivity contribution < 1.29 is 5.11 Å². The lowest BCUT2D eigenvalue weighted by Gasteiger charge is -2.41. The number of aliphatic hydroxyl groups is 1. The van der Waals surface area contributed by atoms with Crippen molar-refractivity contribution in [1.82, 2.24) is 4.90 Å². The van der Waals surface area contributed by atoms with Gasteiger partial charge in [-0.1, -0.05) is 24.4 Å². The summed E-state index contributed by atoms with van der Waals surface area (Å²) in [4.78, 5) is 3.31. The van der Waals surface area contributed by atoms with E-state index in [9.17, 15) is 5.11 Å². The number of thiophene rings is 1. The van der Waals surface area contributed by atoms with E-state index in [1.807, 2.05) is 11.4 Å². The second-order valence-corrected chi connectivity index (χ2v) is 6.95. The molecule has 1 saturated heterocycles. The van der Waals surface area contributed by atoms with Crippen LogP contribution in [0.2, 0.25) is 5.02 Å². The van der Waals surface area contributed by atoms with Crippen LogP contribution in [0.4, 0.5) is 0 Å². The number of hydrogen-bond acceptors (Lipinski definition) is 3. The Morgan fingerprint density at radius 2 is 1.89 bits per heavy atom. The molecule has 0 radical (unpaired) electrons. The molecular weight excluding hydrogens is 266 g/mol. The first-order valence-electron chi connectivity index (χ1n) is 6.69. The normalized spacial score (nSPS) is 20.7. The monoisotopic (exact) mass is 287 g/mol. The summed E-state index contributed by atoms with van der Waals surface area (Å²) in [6.07, 6.45) is 4.57. The molecule has 1 N–H and O–H groups in total. The van der Waals surface area contributed by atoms with Gasteiger partial charge in [0.2, 0.25) is 0 Å². The molecule has 4 heteroatoms. The fraction of sp³-hybridized carbons (Fsp3) is 0.714. The standard InChI is InChI=1S/C14H22ClNOS/c1-14(2,16-8-5-3-4-6-9-16)13(17)12-11(15)7-10-18-12/h7,10,13,17H,3-6,8-9H2,1-2H3. The van der Waals surface area contributed by atoms with E-state index in [-0.39, 0.29) is 5.54 Å². The number of rotatable bonds is 3. The third-order valence-corrected chi connectivity index (χ3v) is 5.39. The van der Waals surface area contributed by atoms with Crippen molar-refractivity contribution in [3.63, 3.8) is 0 Å². The molecule has 0 aliphatic carbocycles. The van der Waals surface area contributed by atoms with Crippen molar-refractivity contribution in [1.29, 1.82) is 0 Å². The Hall–Kier alpha value is -0.0900. The van der Waals surface area contributed by atoms with Crippen LogP contribution in [-0.2, 0) is 0 Å². The predicted molar refractivity (Wildman–Crippen MR) is 78.4 cm³/mol. The molecule has 1 unspecified atom stereocenters. The van der Waals surface area contributed by atoms with E-state index in [0.29, 0.717) is 5.02 Å². The number of likely N-dealkylation sites (tertiary alicyclic amines) is 1. The summed E-state index contributed by atoms with van der Waals surface area (Å²) in [6, 6.07) is 1.86. The SMILES string of the molecule is CC(C)(C(O)c1sccc1Cl)N1CCCCCC1. The Bertz CT molecular complexity index is 383. The van der Waals surface area contributed by atoms with E-state index in [2.05, 4.69) is 18.7 Å². The predicted octanol–water partition coefficient (Wildman–Crippen LogP) is 4.09. The van der Waals surface area contributed by atoms with Gasteiger partial charge in [0, 0.05) is 5.54 Å². The molecule has 1 fully saturated rings. The lowest BCUT2D eigenvalue weighted by molar-refractivity contribution is -0.00797. The van der Waals surface area contributed by atoms with Crippen molar-refractivity contribution in [3.05, 3.63) is 21.3 Å². The summed E-state index contributed by atoms with van der Waals surface area (Å²) in [5.74, 6) is 0. The van der Waals surface area contributed by atoms with Gasteiger partial charge in [0.1, 0.15) is 6.10 Å². The van der Waals surface area contributed by atoms with Crippen LogP contribution in [0.5, 0.6) is 0 Å². The smallest absolute Gasteiger partial charge is 0.107 e. The Morgan fingerprint density at radius 1 is 1.28 bits per heavy atom. The molecule has 0 spiro atoms. The minimum absolute atomic E-state index is 0.251. The van der Waals surface area contributed by atoms with Gasteiger partial charge in [-0.15, -0.1) is 11.3 Å². The summed E-state index contributed by atoms with van der Waals surface area (Å²) in [5, 5.41) is 13.3. The lowest BCUT2D eigenvalue weighted by atomic mass is 9.93. The maximum Gasteiger partial charge on any atom is 0.107 e. The third kappa shape index (κ3) is 2.90. The Kier molecular flexibility index (Phi) is 4.70. The number of aliphatic hydroxyl groups excluding tert-OH is 1. The average Bonchev–Trinajstić information content (AvgIpc) is 2.61. The molecule has 0 amide bonds. The molecule has 102 valence electrons. The first-order valence-corrected chi connectivity index (χ1v) is 7.95. The van der Waals surface area contributed by atoms with Crippen molar-refractivity contribution >= 4 is 22.9 Å². The van der Waals surface area contributed by atoms with Crippen molar-refractivity contribution in [3.8, 4) is 0 Å². The fourth-order valence-electron chi connectivity index (χ4n) is 2.64. The molecule has 1 aliphatic heterocycles. The molecular formula is C14H22ClNOS. The second-order valence-electron chi connectivity index (χ2n) is 5.59. The first kappa shape index (κ1) is 14.3. The highest BCUT2D eigenvalue weighted by Crippen LogP contribution is 2.38. The molecule has 1 aromatic rings. The summed E-state index contributed by atoms with van der Waals surface area (Å²) < 4.78 is 0. The Labute approximate surface area is 119 Å². The summed E-state index contributed by atoms with van der Waals surface area (Å²) in [7, 11) is 0. The molecule has 0 saturated carbocycles. The van der Waals surface area contributed by atoms with Crippen LogP contribution in [0.3, 0.4) is 0 Å². The van der Waals surface area contributed by atoms with Crippen LogP contribution in [0, 0.1) is 0 Å². The maximum absolute atomic E-state index is 10.6. The van der Waals surface area contributed by atoms with Crippen molar-refractivity contribution in [2.24, 2.45) is 0 Å². The van der Waals surface area contributed by atoms with Gasteiger partial charge in [0.25, 0.3) is 0 Å². The summed E-state index contributed by atoms with van der Waals surface area (Å²) in [5.41, 5.74) is -0.251. The average molecular weight is 288 g/mol. The summed E-state index contributed by atoms with van der Waals surface area (Å²) in [6.45, 7) is 6.40. The van der Waals surface area contributed by atoms with Crippen LogP contribution in [0.1, 0.15) is 50.5 Å². The zero-order valence-corrected chi connectivity index (χ0v) is 12.7. The minimum atomic E-state index is -0.511. The first-order chi connectivity index (χ1) is 8.53. The van der Waals surface area contributed by atoms with Gasteiger partial charge < -0.3 is 5.11 Å². The lowest BCUT2D eigenvalue weighted by Crippen LogP contribution is -2.48. The largest absolute Gasteiger partial charge is 0.386 e. The van der Waals surface area contributed by atoms with E-state index in [0.717, 1.165) is 18.0 Å². The van der Waals surface area contributed by atoms with E-state index < -0.39 is 6.10 Å². The molecule has 2 nitrogen and oxygen atoms in total. The van der Waals surface area contributed by atoms with Gasteiger partial charge in [-0.2, -0.15) is 0 Å². The van der Waals surface area contributed by atoms with Gasteiger partial charge in [0.05, 0.1) is 9.90 Å². The van der Waals surface area contributed by atoms with E-state index in [1.165, 1.54) is 25.7 Å². The highest BCUT2D eigenvalue weighted by Gasteiger charge is 2.36. The molecule has 0 bridgehead atoms. The fourth-order valence-corrected chi connectivity index (χ4v) is 3.96. The van der Waals surface area contributed by atoms with Crippen molar-refractivity contribution in [2.75, 3.05) is 13.1 Å². The van der Waals surface area contributed by atoms with Gasteiger partial charge >= 0.3 is 0 Å². The van der Waals surface area contributed by atoms with Gasteiger partial charge in [-0.05, 0) is 51.2 Å². The van der Waals surface area contributed by atoms with Crippen LogP contribution < -0.4 is 0 Å². The second kappa shape index (κ2) is 5.91. The van der Waals surface area contributed by atoms with Crippen LogP contribution >= 0.6 is 22.9 Å². The number of nitrogens with zero attached hydrogens (tertiary/aromatic N) is 1. The highest BCUT2D eigenvalue weighted by atomic mass is 35.5. The van der Waals surface area contributed by atoms with E-state index in [4.69, 9.17) is 11.6 Å². The van der Waals surface area contributed by atoms with Gasteiger partial charge in [-0.3, -0.25) is 4.90 Å². The Balaban J connectivity index is 2.16. The van der Waals surface area contributed by atoms with Crippen LogP contribution in [0.25, 0.3) is 0 Å². The van der Waals surface area contributed by atoms with Gasteiger partial charge in [-0.25, -0.2) is 0 Å². The quantitative estimate of drug-likeness (QED) is 0.905. The maximum atomic E-state index is 10.6. The zero-order chi connectivity index (χ0) is 13.2. The molecule has 1 aromatic heterocycles. The number of hydrogen-bond donors (Lipinski definition) is 1. The molecule has 0 aromatic carbocycles. The minimum Gasteiger partial charge on any atom is -0.386 e. The van der Waals surface area contributed by atoms with E-state index >= 15 is 0 Å². The van der Waals surface area contributed by atoms with Crippen LogP contribution in [0.15, 0.2) is 11.4 Å². The Morgan fingerprint density at radius 3 is 2.39 bits per heavy atom. The molecule has 1 atom stereocenters. The number of halogens is 1. The molecule has 1 aliphatic rings. The molecule has 2 heterocycles. The third-order valence-electron chi connectivity index (χ3n) is 3.98. The molecule has 2 rings (SSSR count). The van der Waals surface area contributed by atoms with E-state index in [1.54, 1.807) is 11.3 Å². The topological polar surface area (TPSA) is 23.5 Å². The van der Waals surface area contributed by atoms with Gasteiger partial charge in [0.15, 0.2) is 0 Å². The summed E-state index contributed by atoms with van der Waals surface area (Å²) >= 11 is 7.69. The zero-order valence-electron chi connectivity index (χ0n) is 11.2. The highest BCUT2D eigenvalue weighted by molar-refractivity contribution is 7.10. The van der Waals surface area contributed by atoms with Crippen LogP contribution in [-0.4, -0.2) is 28.6 Å². The van der Waals surface area contributed by atoms with Crippen molar-refractivity contribution in [2.45, 2.75) is 51.2 Å². The molecule has 18 heavy (non-hydrogen) atoms.